The van der Waals surface area contributed by atoms with E-state index >= 15 is 0 Å². The smallest absolute Gasteiger partial charge is 0.269 e. The van der Waals surface area contributed by atoms with E-state index in [1.807, 2.05) is 18.2 Å². The molecule has 0 radical (unpaired) electrons. The summed E-state index contributed by atoms with van der Waals surface area (Å²) in [6.07, 6.45) is 11.0. The van der Waals surface area contributed by atoms with Gasteiger partial charge >= 0.3 is 0 Å². The third-order valence-corrected chi connectivity index (χ3v) is 9.28. The Morgan fingerprint density at radius 3 is 2.38 bits per heavy atom. The molecule has 5 nitrogen and oxygen atoms in total. The number of fused-ring (bicyclic) bond motifs is 5. The predicted molar refractivity (Wildman–Crippen MR) is 122 cm³/mol. The molecule has 1 aromatic carbocycles. The monoisotopic (exact) mass is 433 g/mol. The molecule has 0 aromatic heterocycles. The molecule has 0 spiro atoms. The van der Waals surface area contributed by atoms with E-state index in [1.165, 1.54) is 11.1 Å². The molecule has 0 unspecified atom stereocenters. The fraction of sp³-hybridized carbons (Fsp3) is 0.556. The van der Waals surface area contributed by atoms with Crippen molar-refractivity contribution < 1.29 is 14.5 Å². The molecule has 2 saturated carbocycles. The summed E-state index contributed by atoms with van der Waals surface area (Å²) in [4.78, 5) is 35.7. The first-order valence-corrected chi connectivity index (χ1v) is 11.9. The van der Waals surface area contributed by atoms with Crippen LogP contribution in [0.3, 0.4) is 0 Å². The van der Waals surface area contributed by atoms with Gasteiger partial charge in [-0.15, -0.1) is 0 Å². The second-order valence-corrected chi connectivity index (χ2v) is 10.8. The van der Waals surface area contributed by atoms with E-state index in [2.05, 4.69) is 19.9 Å². The van der Waals surface area contributed by atoms with Crippen molar-refractivity contribution in [3.63, 3.8) is 0 Å². The first-order chi connectivity index (χ1) is 15.2. The second-order valence-electron chi connectivity index (χ2n) is 10.8. The molecule has 2 fully saturated rings. The summed E-state index contributed by atoms with van der Waals surface area (Å²) < 4.78 is 0. The summed E-state index contributed by atoms with van der Waals surface area (Å²) in [5.41, 5.74) is 3.55. The van der Waals surface area contributed by atoms with Crippen molar-refractivity contribution in [1.29, 1.82) is 0 Å². The maximum atomic E-state index is 12.9. The van der Waals surface area contributed by atoms with Gasteiger partial charge < -0.3 is 0 Å². The number of hydrogen-bond acceptors (Lipinski definition) is 4. The van der Waals surface area contributed by atoms with Crippen LogP contribution in [-0.4, -0.2) is 16.5 Å². The molecule has 1 aromatic rings. The van der Waals surface area contributed by atoms with E-state index in [-0.39, 0.29) is 27.2 Å². The minimum absolute atomic E-state index is 0.0163. The molecule has 32 heavy (non-hydrogen) atoms. The highest BCUT2D eigenvalue weighted by molar-refractivity contribution is 5.92. The topological polar surface area (TPSA) is 77.3 Å². The highest BCUT2D eigenvalue weighted by Crippen LogP contribution is 2.64. The number of ketones is 2. The first kappa shape index (κ1) is 21.3. The zero-order valence-electron chi connectivity index (χ0n) is 18.9. The number of allylic oxidation sites excluding steroid dienone is 4. The molecule has 168 valence electrons. The molecule has 5 rings (SSSR count). The number of nitrogens with zero attached hydrogens (tertiary/aromatic N) is 1. The number of hydrogen-bond donors (Lipinski definition) is 0. The minimum Gasteiger partial charge on any atom is -0.299 e. The lowest BCUT2D eigenvalue weighted by Gasteiger charge is -2.56. The third-order valence-electron chi connectivity index (χ3n) is 9.28. The van der Waals surface area contributed by atoms with Gasteiger partial charge in [0.05, 0.1) is 4.92 Å². The summed E-state index contributed by atoms with van der Waals surface area (Å²) in [6.45, 7) is 4.53. The molecular weight excluding hydrogens is 402 g/mol. The molecule has 0 bridgehead atoms. The number of nitro benzene ring substituents is 1. The van der Waals surface area contributed by atoms with Gasteiger partial charge in [0.2, 0.25) is 0 Å². The van der Waals surface area contributed by atoms with E-state index < -0.39 is 0 Å². The second kappa shape index (κ2) is 7.50. The Labute approximate surface area is 189 Å². The Morgan fingerprint density at radius 2 is 1.66 bits per heavy atom. The van der Waals surface area contributed by atoms with Crippen molar-refractivity contribution in [3.8, 4) is 0 Å². The predicted octanol–water partition coefficient (Wildman–Crippen LogP) is 5.77. The fourth-order valence-corrected chi connectivity index (χ4v) is 7.30. The van der Waals surface area contributed by atoms with Crippen LogP contribution in [0.25, 0.3) is 0 Å². The molecule has 4 aliphatic rings. The highest BCUT2D eigenvalue weighted by atomic mass is 16.6. The van der Waals surface area contributed by atoms with Crippen molar-refractivity contribution in [2.45, 2.75) is 65.2 Å². The number of rotatable bonds is 4. The Morgan fingerprint density at radius 1 is 0.938 bits per heavy atom. The van der Waals surface area contributed by atoms with Crippen LogP contribution in [0.5, 0.6) is 0 Å². The average Bonchev–Trinajstić information content (AvgIpc) is 3.07. The van der Waals surface area contributed by atoms with Crippen LogP contribution in [0.2, 0.25) is 0 Å². The summed E-state index contributed by atoms with van der Waals surface area (Å²) in [7, 11) is 0. The van der Waals surface area contributed by atoms with Crippen molar-refractivity contribution in [3.05, 3.63) is 63.2 Å². The van der Waals surface area contributed by atoms with E-state index in [0.717, 1.165) is 44.1 Å². The molecule has 0 heterocycles. The Hall–Kier alpha value is -2.56. The summed E-state index contributed by atoms with van der Waals surface area (Å²) in [5.74, 6) is 1.89. The van der Waals surface area contributed by atoms with Crippen LogP contribution >= 0.6 is 0 Å². The van der Waals surface area contributed by atoms with Gasteiger partial charge in [0.1, 0.15) is 5.78 Å². The van der Waals surface area contributed by atoms with Gasteiger partial charge in [-0.05, 0) is 78.9 Å². The van der Waals surface area contributed by atoms with Gasteiger partial charge in [-0.3, -0.25) is 19.7 Å². The molecule has 5 heteroatoms. The number of carbonyl (C=O) groups is 2. The zero-order chi connectivity index (χ0) is 22.7. The van der Waals surface area contributed by atoms with Crippen molar-refractivity contribution in [2.75, 3.05) is 0 Å². The van der Waals surface area contributed by atoms with Crippen LogP contribution in [-0.2, 0) is 16.0 Å². The van der Waals surface area contributed by atoms with Gasteiger partial charge in [-0.1, -0.05) is 37.6 Å². The maximum absolute atomic E-state index is 12.9. The number of carbonyl (C=O) groups excluding carboxylic acids is 2. The first-order valence-electron chi connectivity index (χ1n) is 11.9. The molecule has 5 atom stereocenters. The largest absolute Gasteiger partial charge is 0.299 e. The number of Topliss-reactive ketones (excluding diaryl/α,β-unsaturated/α-hetero) is 1. The van der Waals surface area contributed by atoms with E-state index in [1.54, 1.807) is 12.1 Å². The van der Waals surface area contributed by atoms with Gasteiger partial charge in [0, 0.05) is 30.4 Å². The van der Waals surface area contributed by atoms with E-state index in [9.17, 15) is 19.7 Å². The molecule has 4 aliphatic carbocycles. The van der Waals surface area contributed by atoms with Crippen LogP contribution in [0.1, 0.15) is 64.4 Å². The Kier molecular flexibility index (Phi) is 4.99. The van der Waals surface area contributed by atoms with Crippen molar-refractivity contribution in [1.82, 2.24) is 0 Å². The van der Waals surface area contributed by atoms with Gasteiger partial charge in [-0.2, -0.15) is 0 Å². The maximum Gasteiger partial charge on any atom is 0.269 e. The lowest BCUT2D eigenvalue weighted by atomic mass is 9.47. The van der Waals surface area contributed by atoms with Crippen molar-refractivity contribution >= 4 is 17.3 Å². The standard InChI is InChI=1S/C27H31NO4/c1-26-13-11-21(29)16-19(26)15-18(6-3-17-4-7-20(8-5-17)28(31)32)25-22-9-10-24(30)27(22,2)14-12-23(25)26/h4-5,7-8,15-16,22-23,25H,3,6,9-14H2,1-2H3/t22-,23-,25-,26-,27-/m0/s1. The lowest BCUT2D eigenvalue weighted by Crippen LogP contribution is -2.50. The molecular formula is C27H31NO4. The summed E-state index contributed by atoms with van der Waals surface area (Å²) >= 11 is 0. The third kappa shape index (κ3) is 3.20. The summed E-state index contributed by atoms with van der Waals surface area (Å²) in [5, 5.41) is 11.0. The van der Waals surface area contributed by atoms with Gasteiger partial charge in [0.15, 0.2) is 5.78 Å². The zero-order valence-corrected chi connectivity index (χ0v) is 18.9. The Balaban J connectivity index is 1.50. The number of aryl methyl sites for hydroxylation is 1. The fourth-order valence-electron chi connectivity index (χ4n) is 7.30. The number of nitro groups is 1. The van der Waals surface area contributed by atoms with Crippen LogP contribution in [0.4, 0.5) is 5.69 Å². The van der Waals surface area contributed by atoms with Gasteiger partial charge in [-0.25, -0.2) is 0 Å². The highest BCUT2D eigenvalue weighted by Gasteiger charge is 2.59. The van der Waals surface area contributed by atoms with E-state index in [4.69, 9.17) is 0 Å². The molecule has 0 saturated heterocycles. The average molecular weight is 434 g/mol. The van der Waals surface area contributed by atoms with Crippen LogP contribution in [0, 0.1) is 38.7 Å². The molecule has 0 amide bonds. The SMILES string of the molecule is C[C@]12CCC(=O)C=C1C=C(CCc1ccc([N+](=O)[O-])cc1)[C@@H]1[C@@H]2CC[C@]2(C)C(=O)CC[C@@H]12. The van der Waals surface area contributed by atoms with Crippen LogP contribution < -0.4 is 0 Å². The van der Waals surface area contributed by atoms with Crippen LogP contribution in [0.15, 0.2) is 47.6 Å². The Bertz CT molecular complexity index is 1050. The minimum atomic E-state index is -0.370. The normalized spacial score (nSPS) is 36.0. The van der Waals surface area contributed by atoms with Crippen molar-refractivity contribution in [2.24, 2.45) is 28.6 Å². The van der Waals surface area contributed by atoms with E-state index in [0.29, 0.717) is 36.4 Å². The lowest BCUT2D eigenvalue weighted by molar-refractivity contribution is -0.384. The summed E-state index contributed by atoms with van der Waals surface area (Å²) in [6, 6.07) is 6.83. The molecule has 0 aliphatic heterocycles. The van der Waals surface area contributed by atoms with Gasteiger partial charge in [0.25, 0.3) is 5.69 Å². The number of non-ortho nitro benzene ring substituents is 1. The molecule has 0 N–H and O–H groups in total. The quantitative estimate of drug-likeness (QED) is 0.446. The number of benzene rings is 1.